The molecule has 2 fully saturated rings. The third kappa shape index (κ3) is 10.1. The van der Waals surface area contributed by atoms with Gasteiger partial charge in [-0.3, -0.25) is 0 Å². The molecule has 2 amide bonds. The summed E-state index contributed by atoms with van der Waals surface area (Å²) in [7, 11) is 0. The molecule has 2 aliphatic rings. The summed E-state index contributed by atoms with van der Waals surface area (Å²) in [5.74, 6) is -1.28. The van der Waals surface area contributed by atoms with Gasteiger partial charge in [-0.05, 0) is 93.0 Å². The second-order valence-electron chi connectivity index (χ2n) is 10.9. The Labute approximate surface area is 256 Å². The minimum absolute atomic E-state index is 0.0113. The molecule has 0 radical (unpaired) electrons. The van der Waals surface area contributed by atoms with E-state index < -0.39 is 5.97 Å². The zero-order chi connectivity index (χ0) is 31.3. The number of carbonyl (C=O) groups excluding carboxylic acids is 2. The van der Waals surface area contributed by atoms with E-state index in [0.29, 0.717) is 35.7 Å². The Kier molecular flexibility index (Phi) is 12.2. The van der Waals surface area contributed by atoms with Crippen molar-refractivity contribution < 1.29 is 33.4 Å². The first-order valence-corrected chi connectivity index (χ1v) is 14.8. The molecule has 0 heterocycles. The molecule has 0 bridgehead atoms. The third-order valence-corrected chi connectivity index (χ3v) is 7.59. The number of aryl methyl sites for hydroxylation is 1. The molecule has 2 saturated carbocycles. The number of nitrogens with one attached hydrogen (secondary N) is 1. The number of benzene rings is 3. The lowest BCUT2D eigenvalue weighted by atomic mass is 9.94. The monoisotopic (exact) mass is 603 g/mol. The van der Waals surface area contributed by atoms with Gasteiger partial charge in [-0.2, -0.15) is 4.99 Å². The molecule has 10 heteroatoms. The lowest BCUT2D eigenvalue weighted by Gasteiger charge is -2.30. The number of carboxylic acid groups (broad SMARTS) is 1. The van der Waals surface area contributed by atoms with Crippen LogP contribution in [-0.2, 0) is 20.9 Å². The number of aliphatic imine (C=N–C) groups is 1. The molecular weight excluding hydrogens is 565 g/mol. The van der Waals surface area contributed by atoms with E-state index in [4.69, 9.17) is 9.47 Å². The SMILES string of the molecule is Cc1cccc(COC2CCCC(OCCN(C(=O)Nc3ccc(F)cc3)C3CC3)C2)c1C(=O)O.O=C=Nc1ccccc1. The number of para-hydroxylation sites is 1. The summed E-state index contributed by atoms with van der Waals surface area (Å²) >= 11 is 0. The van der Waals surface area contributed by atoms with Crippen molar-refractivity contribution in [3.05, 3.63) is 95.3 Å². The van der Waals surface area contributed by atoms with Gasteiger partial charge >= 0.3 is 12.0 Å². The average molecular weight is 604 g/mol. The quantitative estimate of drug-likeness (QED) is 0.180. The standard InChI is InChI=1S/C27H33FN2O5.C7H5NO/c1-18-4-2-5-19(25(18)26(31)32)17-35-24-7-3-6-23(16-24)34-15-14-30(22-12-13-22)27(33)29-21-10-8-20(28)9-11-21;9-6-8-7-4-2-1-3-5-7/h2,4-5,8-11,22-24H,3,6-7,12-17H2,1H3,(H,29,33)(H,31,32);1-5H. The van der Waals surface area contributed by atoms with Crippen molar-refractivity contribution in [2.24, 2.45) is 4.99 Å². The number of amides is 2. The van der Waals surface area contributed by atoms with Gasteiger partial charge < -0.3 is 24.8 Å². The van der Waals surface area contributed by atoms with E-state index in [-0.39, 0.29) is 36.7 Å². The maximum absolute atomic E-state index is 13.1. The van der Waals surface area contributed by atoms with Crippen LogP contribution in [0.25, 0.3) is 0 Å². The molecule has 0 aliphatic heterocycles. The fourth-order valence-corrected chi connectivity index (χ4v) is 5.20. The highest BCUT2D eigenvalue weighted by molar-refractivity contribution is 5.91. The number of anilines is 1. The van der Waals surface area contributed by atoms with Crippen LogP contribution in [0.15, 0.2) is 77.8 Å². The number of carbonyl (C=O) groups is 2. The summed E-state index contributed by atoms with van der Waals surface area (Å²) in [4.78, 5) is 39.2. The van der Waals surface area contributed by atoms with Crippen LogP contribution >= 0.6 is 0 Å². The lowest BCUT2D eigenvalue weighted by Crippen LogP contribution is -2.40. The van der Waals surface area contributed by atoms with Gasteiger partial charge in [0.15, 0.2) is 0 Å². The number of carboxylic acids is 1. The Bertz CT molecular complexity index is 1420. The molecule has 2 atom stereocenters. The smallest absolute Gasteiger partial charge is 0.336 e. The van der Waals surface area contributed by atoms with E-state index in [2.05, 4.69) is 10.3 Å². The Balaban J connectivity index is 0.000000421. The van der Waals surface area contributed by atoms with Gasteiger partial charge in [-0.15, -0.1) is 0 Å². The average Bonchev–Trinajstić information content (AvgIpc) is 3.86. The van der Waals surface area contributed by atoms with Crippen LogP contribution in [0.3, 0.4) is 0 Å². The van der Waals surface area contributed by atoms with E-state index >= 15 is 0 Å². The topological polar surface area (TPSA) is 118 Å². The van der Waals surface area contributed by atoms with E-state index in [1.807, 2.05) is 24.3 Å². The van der Waals surface area contributed by atoms with E-state index in [9.17, 15) is 23.9 Å². The molecule has 5 rings (SSSR count). The van der Waals surface area contributed by atoms with Crippen LogP contribution in [0.4, 0.5) is 20.6 Å². The molecular formula is C34H38FN3O6. The van der Waals surface area contributed by atoms with E-state index in [1.165, 1.54) is 18.2 Å². The van der Waals surface area contributed by atoms with Gasteiger partial charge in [-0.1, -0.05) is 36.4 Å². The predicted octanol–water partition coefficient (Wildman–Crippen LogP) is 7.03. The van der Waals surface area contributed by atoms with Gasteiger partial charge in [0.1, 0.15) is 5.82 Å². The Morgan fingerprint density at radius 2 is 1.68 bits per heavy atom. The second-order valence-corrected chi connectivity index (χ2v) is 10.9. The number of rotatable bonds is 11. The molecule has 232 valence electrons. The molecule has 0 spiro atoms. The van der Waals surface area contributed by atoms with Crippen molar-refractivity contribution in [3.8, 4) is 0 Å². The fourth-order valence-electron chi connectivity index (χ4n) is 5.20. The molecule has 2 N–H and O–H groups in total. The zero-order valence-electron chi connectivity index (χ0n) is 24.8. The normalized spacial score (nSPS) is 17.4. The molecule has 0 aromatic heterocycles. The number of halogens is 1. The van der Waals surface area contributed by atoms with E-state index in [0.717, 1.165) is 44.1 Å². The lowest BCUT2D eigenvalue weighted by molar-refractivity contribution is -0.0524. The first-order valence-electron chi connectivity index (χ1n) is 14.8. The third-order valence-electron chi connectivity index (χ3n) is 7.59. The Morgan fingerprint density at radius 3 is 2.34 bits per heavy atom. The Hall–Kier alpha value is -4.37. The molecule has 44 heavy (non-hydrogen) atoms. The van der Waals surface area contributed by atoms with Crippen molar-refractivity contribution in [2.75, 3.05) is 18.5 Å². The number of hydrogen-bond donors (Lipinski definition) is 2. The molecule has 9 nitrogen and oxygen atoms in total. The van der Waals surface area contributed by atoms with Crippen molar-refractivity contribution in [2.45, 2.75) is 70.3 Å². The predicted molar refractivity (Wildman–Crippen MR) is 164 cm³/mol. The van der Waals surface area contributed by atoms with Crippen LogP contribution in [0.5, 0.6) is 0 Å². The van der Waals surface area contributed by atoms with Crippen molar-refractivity contribution >= 4 is 29.5 Å². The highest BCUT2D eigenvalue weighted by Crippen LogP contribution is 2.29. The van der Waals surface area contributed by atoms with E-state index in [1.54, 1.807) is 48.2 Å². The number of aromatic carboxylic acids is 1. The largest absolute Gasteiger partial charge is 0.478 e. The minimum atomic E-state index is -0.935. The van der Waals surface area contributed by atoms with Crippen LogP contribution < -0.4 is 5.32 Å². The first-order chi connectivity index (χ1) is 21.3. The maximum atomic E-state index is 13.1. The van der Waals surface area contributed by atoms with Crippen molar-refractivity contribution in [3.63, 3.8) is 0 Å². The summed E-state index contributed by atoms with van der Waals surface area (Å²) in [5.41, 5.74) is 2.94. The highest BCUT2D eigenvalue weighted by atomic mass is 19.1. The van der Waals surface area contributed by atoms with Crippen LogP contribution in [0.2, 0.25) is 0 Å². The fraction of sp³-hybridized carbons (Fsp3) is 0.382. The maximum Gasteiger partial charge on any atom is 0.336 e. The molecule has 3 aromatic carbocycles. The second kappa shape index (κ2) is 16.5. The molecule has 2 unspecified atom stereocenters. The van der Waals surface area contributed by atoms with Crippen LogP contribution in [-0.4, -0.2) is 59.5 Å². The summed E-state index contributed by atoms with van der Waals surface area (Å²) in [5, 5.41) is 12.4. The zero-order valence-corrected chi connectivity index (χ0v) is 24.8. The van der Waals surface area contributed by atoms with Gasteiger partial charge in [0.05, 0.1) is 36.7 Å². The van der Waals surface area contributed by atoms with Crippen LogP contribution in [0.1, 0.15) is 60.0 Å². The summed E-state index contributed by atoms with van der Waals surface area (Å²) in [6.07, 6.45) is 7.06. The number of urea groups is 1. The van der Waals surface area contributed by atoms with Gasteiger partial charge in [0, 0.05) is 18.3 Å². The number of hydrogen-bond acceptors (Lipinski definition) is 6. The van der Waals surface area contributed by atoms with Gasteiger partial charge in [-0.25, -0.2) is 18.8 Å². The molecule has 2 aliphatic carbocycles. The molecule has 0 saturated heterocycles. The number of isocyanates is 1. The van der Waals surface area contributed by atoms with Crippen molar-refractivity contribution in [1.82, 2.24) is 4.90 Å². The van der Waals surface area contributed by atoms with Crippen molar-refractivity contribution in [1.29, 1.82) is 0 Å². The Morgan fingerprint density at radius 1 is 0.977 bits per heavy atom. The first kappa shape index (κ1) is 32.5. The highest BCUT2D eigenvalue weighted by Gasteiger charge is 2.33. The van der Waals surface area contributed by atoms with Gasteiger partial charge in [0.25, 0.3) is 0 Å². The summed E-state index contributed by atoms with van der Waals surface area (Å²) in [6.45, 7) is 2.98. The summed E-state index contributed by atoms with van der Waals surface area (Å²) in [6, 6.07) is 20.2. The number of nitrogens with zero attached hydrogens (tertiary/aromatic N) is 2. The van der Waals surface area contributed by atoms with Gasteiger partial charge in [0.2, 0.25) is 6.08 Å². The number of ether oxygens (including phenoxy) is 2. The van der Waals surface area contributed by atoms with Crippen LogP contribution in [0, 0.1) is 12.7 Å². The minimum Gasteiger partial charge on any atom is -0.478 e. The summed E-state index contributed by atoms with van der Waals surface area (Å²) < 4.78 is 25.3. The molecule has 3 aromatic rings.